The molecule has 4 rings (SSSR count). The minimum absolute atomic E-state index is 0.0295. The van der Waals surface area contributed by atoms with E-state index in [1.54, 1.807) is 4.90 Å². The van der Waals surface area contributed by atoms with Crippen LogP contribution in [0, 0.1) is 21.4 Å². The van der Waals surface area contributed by atoms with E-state index in [2.05, 4.69) is 0 Å². The Labute approximate surface area is 216 Å². The first-order valence-electron chi connectivity index (χ1n) is 13.0. The number of nitro benzene ring substituents is 1. The van der Waals surface area contributed by atoms with Crippen molar-refractivity contribution in [3.63, 3.8) is 0 Å². The molecule has 5 unspecified atom stereocenters. The lowest BCUT2D eigenvalue weighted by atomic mass is 9.67. The van der Waals surface area contributed by atoms with Crippen LogP contribution in [0.15, 0.2) is 24.3 Å². The van der Waals surface area contributed by atoms with Crippen LogP contribution < -0.4 is 0 Å². The van der Waals surface area contributed by atoms with E-state index >= 15 is 0 Å². The van der Waals surface area contributed by atoms with Crippen LogP contribution >= 0.6 is 0 Å². The zero-order valence-corrected chi connectivity index (χ0v) is 21.5. The summed E-state index contributed by atoms with van der Waals surface area (Å²) in [5.74, 6) is -0.783. The highest BCUT2D eigenvalue weighted by Gasteiger charge is 2.62. The van der Waals surface area contributed by atoms with Gasteiger partial charge in [0, 0.05) is 31.3 Å². The Morgan fingerprint density at radius 3 is 2.49 bits per heavy atom. The molecule has 0 aliphatic carbocycles. The number of carbonyl (C=O) groups is 2. The average Bonchev–Trinajstić information content (AvgIpc) is 2.91. The maximum atomic E-state index is 13.4. The van der Waals surface area contributed by atoms with Gasteiger partial charge in [0.25, 0.3) is 5.69 Å². The maximum Gasteiger partial charge on any atom is 0.346 e. The molecule has 5 atom stereocenters. The van der Waals surface area contributed by atoms with Gasteiger partial charge in [-0.25, -0.2) is 4.79 Å². The summed E-state index contributed by atoms with van der Waals surface area (Å²) in [4.78, 5) is 48.0. The van der Waals surface area contributed by atoms with Gasteiger partial charge in [0.2, 0.25) is 5.91 Å². The second kappa shape index (κ2) is 12.3. The minimum atomic E-state index is -0.912. The number of rotatable bonds is 11. The fourth-order valence-electron chi connectivity index (χ4n) is 5.43. The molecule has 0 N–H and O–H groups in total. The number of non-ortho nitro benzene ring substituents is 1. The van der Waals surface area contributed by atoms with Crippen molar-refractivity contribution in [2.45, 2.75) is 77.4 Å². The summed E-state index contributed by atoms with van der Waals surface area (Å²) in [6, 6.07) is 5.41. The number of ether oxygens (including phenoxy) is 3. The Kier molecular flexibility index (Phi) is 9.12. The molecule has 3 aliphatic heterocycles. The molecule has 204 valence electrons. The number of likely N-dealkylation sites (tertiary alicyclic amines) is 1. The van der Waals surface area contributed by atoms with Crippen molar-refractivity contribution in [3.05, 3.63) is 39.9 Å². The third-order valence-electron chi connectivity index (χ3n) is 7.37. The summed E-state index contributed by atoms with van der Waals surface area (Å²) in [6.07, 6.45) is 5.10. The molecule has 11 nitrogen and oxygen atoms in total. The van der Waals surface area contributed by atoms with Crippen molar-refractivity contribution in [1.82, 2.24) is 4.90 Å². The SMILES string of the molecule is CC(COC1CCCCO1)C1N(C2CCCCO2)C(=O)C1(C)COOC(=O)Cc1ccc([N+](=O)[O-])cc1. The number of benzene rings is 1. The minimum Gasteiger partial charge on any atom is -0.358 e. The van der Waals surface area contributed by atoms with E-state index < -0.39 is 16.3 Å². The van der Waals surface area contributed by atoms with E-state index in [0.717, 1.165) is 38.5 Å². The molecule has 1 amide bonds. The predicted molar refractivity (Wildman–Crippen MR) is 130 cm³/mol. The van der Waals surface area contributed by atoms with Crippen LogP contribution in [0.3, 0.4) is 0 Å². The molecular weight excluding hydrogens is 484 g/mol. The van der Waals surface area contributed by atoms with Crippen LogP contribution in [0.25, 0.3) is 0 Å². The van der Waals surface area contributed by atoms with E-state index in [0.29, 0.717) is 25.4 Å². The summed E-state index contributed by atoms with van der Waals surface area (Å²) in [6.45, 7) is 5.48. The van der Waals surface area contributed by atoms with Gasteiger partial charge < -0.3 is 19.1 Å². The Hall–Kier alpha value is -2.60. The number of nitrogens with zero attached hydrogens (tertiary/aromatic N) is 2. The van der Waals surface area contributed by atoms with Crippen molar-refractivity contribution < 1.29 is 38.5 Å². The van der Waals surface area contributed by atoms with E-state index in [9.17, 15) is 19.7 Å². The van der Waals surface area contributed by atoms with Gasteiger partial charge in [0.1, 0.15) is 12.8 Å². The smallest absolute Gasteiger partial charge is 0.346 e. The highest BCUT2D eigenvalue weighted by molar-refractivity contribution is 5.90. The predicted octanol–water partition coefficient (Wildman–Crippen LogP) is 3.54. The van der Waals surface area contributed by atoms with Crippen molar-refractivity contribution in [1.29, 1.82) is 0 Å². The lowest BCUT2D eigenvalue weighted by Gasteiger charge is -2.59. The lowest BCUT2D eigenvalue weighted by molar-refractivity contribution is -0.384. The second-order valence-electron chi connectivity index (χ2n) is 10.3. The molecule has 3 fully saturated rings. The Balaban J connectivity index is 1.34. The van der Waals surface area contributed by atoms with E-state index in [1.165, 1.54) is 24.3 Å². The molecule has 1 aromatic carbocycles. The quantitative estimate of drug-likeness (QED) is 0.186. The van der Waals surface area contributed by atoms with Crippen LogP contribution in [-0.2, 0) is 40.0 Å². The van der Waals surface area contributed by atoms with Gasteiger partial charge in [-0.1, -0.05) is 19.1 Å². The first kappa shape index (κ1) is 27.4. The van der Waals surface area contributed by atoms with E-state index in [4.69, 9.17) is 24.0 Å². The van der Waals surface area contributed by atoms with Gasteiger partial charge in [0.05, 0.1) is 29.4 Å². The van der Waals surface area contributed by atoms with Gasteiger partial charge in [-0.05, 0) is 51.0 Å². The normalized spacial score (nSPS) is 28.9. The number of nitro groups is 1. The molecule has 11 heteroatoms. The molecule has 0 spiro atoms. The van der Waals surface area contributed by atoms with Gasteiger partial charge in [-0.3, -0.25) is 19.8 Å². The fourth-order valence-corrected chi connectivity index (χ4v) is 5.43. The van der Waals surface area contributed by atoms with Gasteiger partial charge in [-0.15, -0.1) is 0 Å². The van der Waals surface area contributed by atoms with Crippen LogP contribution in [0.2, 0.25) is 0 Å². The molecule has 3 aliphatic rings. The van der Waals surface area contributed by atoms with E-state index in [-0.39, 0.29) is 49.1 Å². The number of hydrogen-bond acceptors (Lipinski definition) is 9. The Bertz CT molecular complexity index is 944. The molecule has 3 heterocycles. The van der Waals surface area contributed by atoms with Crippen molar-refractivity contribution in [2.24, 2.45) is 11.3 Å². The van der Waals surface area contributed by atoms with Crippen LogP contribution in [-0.4, -0.2) is 66.7 Å². The number of β-lactam (4-membered cyclic amide) rings is 1. The Morgan fingerprint density at radius 2 is 1.86 bits per heavy atom. The van der Waals surface area contributed by atoms with Crippen molar-refractivity contribution in [2.75, 3.05) is 26.4 Å². The lowest BCUT2D eigenvalue weighted by Crippen LogP contribution is -2.74. The molecule has 0 bridgehead atoms. The first-order valence-corrected chi connectivity index (χ1v) is 13.0. The summed E-state index contributed by atoms with van der Waals surface area (Å²) in [5.41, 5.74) is -0.417. The van der Waals surface area contributed by atoms with Crippen molar-refractivity contribution in [3.8, 4) is 0 Å². The molecule has 0 saturated carbocycles. The first-order chi connectivity index (χ1) is 17.8. The zero-order valence-electron chi connectivity index (χ0n) is 21.5. The highest BCUT2D eigenvalue weighted by Crippen LogP contribution is 2.46. The van der Waals surface area contributed by atoms with E-state index in [1.807, 2.05) is 13.8 Å². The summed E-state index contributed by atoms with van der Waals surface area (Å²) in [7, 11) is 0. The number of hydrogen-bond donors (Lipinski definition) is 0. The molecule has 3 saturated heterocycles. The molecule has 37 heavy (non-hydrogen) atoms. The fraction of sp³-hybridized carbons (Fsp3) is 0.692. The third kappa shape index (κ3) is 6.46. The van der Waals surface area contributed by atoms with Crippen LogP contribution in [0.1, 0.15) is 57.9 Å². The Morgan fingerprint density at radius 1 is 1.16 bits per heavy atom. The van der Waals surface area contributed by atoms with Crippen LogP contribution in [0.4, 0.5) is 5.69 Å². The molecule has 0 radical (unpaired) electrons. The van der Waals surface area contributed by atoms with Crippen LogP contribution in [0.5, 0.6) is 0 Å². The standard InChI is InChI=1S/C26H36N2O9/c1-18(16-35-23-8-4-6-14-34-23)24-26(2,25(30)27(24)21-7-3-5-13-33-21)17-36-37-22(29)15-19-9-11-20(12-10-19)28(31)32/h9-12,18,21,23-24H,3-8,13-17H2,1-2H3. The number of amides is 1. The number of carbonyl (C=O) groups excluding carboxylic acids is 2. The largest absolute Gasteiger partial charge is 0.358 e. The summed E-state index contributed by atoms with van der Waals surface area (Å²) >= 11 is 0. The molecule has 0 aromatic heterocycles. The molecule has 1 aromatic rings. The average molecular weight is 521 g/mol. The maximum absolute atomic E-state index is 13.4. The van der Waals surface area contributed by atoms with Crippen molar-refractivity contribution >= 4 is 17.6 Å². The van der Waals surface area contributed by atoms with Gasteiger partial charge in [-0.2, -0.15) is 4.89 Å². The molecular formula is C26H36N2O9. The topological polar surface area (TPSA) is 127 Å². The monoisotopic (exact) mass is 520 g/mol. The summed E-state index contributed by atoms with van der Waals surface area (Å²) < 4.78 is 17.6. The second-order valence-corrected chi connectivity index (χ2v) is 10.3. The third-order valence-corrected chi connectivity index (χ3v) is 7.37. The zero-order chi connectivity index (χ0) is 26.4. The summed E-state index contributed by atoms with van der Waals surface area (Å²) in [5, 5.41) is 10.8. The highest BCUT2D eigenvalue weighted by atomic mass is 17.2. The van der Waals surface area contributed by atoms with Gasteiger partial charge in [0.15, 0.2) is 6.29 Å². The van der Waals surface area contributed by atoms with Gasteiger partial charge >= 0.3 is 5.97 Å².